The maximum absolute atomic E-state index is 12.6. The molecule has 0 aliphatic carbocycles. The molecule has 2 amide bonds. The van der Waals surface area contributed by atoms with E-state index in [9.17, 15) is 14.4 Å². The molecule has 0 spiro atoms. The highest BCUT2D eigenvalue weighted by Gasteiger charge is 2.16. The first-order valence-electron chi connectivity index (χ1n) is 8.47. The Bertz CT molecular complexity index is 1280. The van der Waals surface area contributed by atoms with Gasteiger partial charge in [-0.15, -0.1) is 0 Å². The van der Waals surface area contributed by atoms with Gasteiger partial charge >= 0.3 is 0 Å². The molecule has 3 aromatic heterocycles. The predicted octanol–water partition coefficient (Wildman–Crippen LogP) is 1.81. The maximum atomic E-state index is 12.6. The number of fused-ring (bicyclic) bond motifs is 3. The van der Waals surface area contributed by atoms with Crippen molar-refractivity contribution in [3.8, 4) is 0 Å². The summed E-state index contributed by atoms with van der Waals surface area (Å²) in [7, 11) is 0. The van der Waals surface area contributed by atoms with Crippen molar-refractivity contribution in [1.82, 2.24) is 20.4 Å². The van der Waals surface area contributed by atoms with Crippen LogP contribution in [0.2, 0.25) is 0 Å². The van der Waals surface area contributed by atoms with Crippen LogP contribution in [0.4, 0.5) is 0 Å². The van der Waals surface area contributed by atoms with Gasteiger partial charge in [0.2, 0.25) is 5.58 Å². The topological polar surface area (TPSA) is 119 Å². The highest BCUT2D eigenvalue weighted by atomic mass is 16.3. The van der Waals surface area contributed by atoms with E-state index in [-0.39, 0.29) is 12.1 Å². The molecule has 0 saturated heterocycles. The Balaban J connectivity index is 1.50. The number of nitrogens with one attached hydrogen (secondary N) is 2. The first-order valence-corrected chi connectivity index (χ1v) is 8.47. The molecule has 0 aliphatic heterocycles. The lowest BCUT2D eigenvalue weighted by molar-refractivity contribution is -0.122. The van der Waals surface area contributed by atoms with E-state index in [1.165, 1.54) is 6.33 Å². The van der Waals surface area contributed by atoms with E-state index in [1.807, 2.05) is 6.07 Å². The first-order chi connectivity index (χ1) is 13.4. The minimum atomic E-state index is -0.592. The summed E-state index contributed by atoms with van der Waals surface area (Å²) in [6.07, 6.45) is 1.28. The summed E-state index contributed by atoms with van der Waals surface area (Å²) < 4.78 is 12.0. The molecule has 9 nitrogen and oxygen atoms in total. The van der Waals surface area contributed by atoms with Crippen molar-refractivity contribution >= 4 is 33.9 Å². The fourth-order valence-corrected chi connectivity index (χ4v) is 2.97. The van der Waals surface area contributed by atoms with Gasteiger partial charge < -0.3 is 8.83 Å². The monoisotopic (exact) mass is 380 g/mol. The van der Waals surface area contributed by atoms with Gasteiger partial charge in [0.25, 0.3) is 17.4 Å². The molecule has 9 heteroatoms. The van der Waals surface area contributed by atoms with Gasteiger partial charge in [-0.1, -0.05) is 12.1 Å². The third-order valence-electron chi connectivity index (χ3n) is 4.27. The summed E-state index contributed by atoms with van der Waals surface area (Å²) in [5, 5.41) is 0.726. The molecule has 142 valence electrons. The summed E-state index contributed by atoms with van der Waals surface area (Å²) in [5.74, 6) is -0.0720. The van der Waals surface area contributed by atoms with E-state index >= 15 is 0 Å². The van der Waals surface area contributed by atoms with Crippen LogP contribution in [-0.4, -0.2) is 21.4 Å². The van der Waals surface area contributed by atoms with E-state index in [2.05, 4.69) is 15.8 Å². The SMILES string of the molecule is Cc1cc(C(=O)NNC(=O)Cn2cnc3c(oc4ccccc43)c2=O)c(C)o1. The summed E-state index contributed by atoms with van der Waals surface area (Å²) in [4.78, 5) is 41.0. The van der Waals surface area contributed by atoms with Crippen molar-refractivity contribution in [1.29, 1.82) is 0 Å². The van der Waals surface area contributed by atoms with Gasteiger partial charge in [0.05, 0.1) is 11.9 Å². The minimum Gasteiger partial charge on any atom is -0.466 e. The van der Waals surface area contributed by atoms with Crippen molar-refractivity contribution in [2.75, 3.05) is 0 Å². The Labute approximate surface area is 157 Å². The van der Waals surface area contributed by atoms with Gasteiger partial charge in [0, 0.05) is 5.39 Å². The third-order valence-corrected chi connectivity index (χ3v) is 4.27. The molecule has 0 saturated carbocycles. The Morgan fingerprint density at radius 1 is 1.14 bits per heavy atom. The summed E-state index contributed by atoms with van der Waals surface area (Å²) >= 11 is 0. The quantitative estimate of drug-likeness (QED) is 0.523. The van der Waals surface area contributed by atoms with Crippen LogP contribution < -0.4 is 16.4 Å². The number of hydrazine groups is 1. The molecule has 0 radical (unpaired) electrons. The van der Waals surface area contributed by atoms with Gasteiger partial charge in [-0.05, 0) is 32.0 Å². The van der Waals surface area contributed by atoms with E-state index in [4.69, 9.17) is 8.83 Å². The predicted molar refractivity (Wildman–Crippen MR) is 99.6 cm³/mol. The average Bonchev–Trinajstić information content (AvgIpc) is 3.22. The fourth-order valence-electron chi connectivity index (χ4n) is 2.97. The van der Waals surface area contributed by atoms with Crippen LogP contribution in [0.25, 0.3) is 22.1 Å². The lowest BCUT2D eigenvalue weighted by Gasteiger charge is -2.08. The Morgan fingerprint density at radius 3 is 2.68 bits per heavy atom. The Morgan fingerprint density at radius 2 is 1.93 bits per heavy atom. The number of benzene rings is 1. The zero-order valence-electron chi connectivity index (χ0n) is 15.1. The molecule has 4 aromatic rings. The van der Waals surface area contributed by atoms with Gasteiger partial charge in [0.15, 0.2) is 0 Å². The number of carbonyl (C=O) groups excluding carboxylic acids is 2. The molecular formula is C19H16N4O5. The maximum Gasteiger partial charge on any atom is 0.297 e. The zero-order valence-corrected chi connectivity index (χ0v) is 15.1. The highest BCUT2D eigenvalue weighted by molar-refractivity contribution is 6.01. The van der Waals surface area contributed by atoms with Crippen molar-refractivity contribution in [2.24, 2.45) is 0 Å². The summed E-state index contributed by atoms with van der Waals surface area (Å²) in [6, 6.07) is 8.73. The number of amides is 2. The van der Waals surface area contributed by atoms with Crippen LogP contribution in [0.1, 0.15) is 21.9 Å². The van der Waals surface area contributed by atoms with Crippen LogP contribution in [0.3, 0.4) is 0 Å². The second-order valence-corrected chi connectivity index (χ2v) is 6.28. The zero-order chi connectivity index (χ0) is 19.8. The van der Waals surface area contributed by atoms with Crippen LogP contribution in [-0.2, 0) is 11.3 Å². The average molecular weight is 380 g/mol. The number of para-hydroxylation sites is 1. The molecular weight excluding hydrogens is 364 g/mol. The summed E-state index contributed by atoms with van der Waals surface area (Å²) in [5.41, 5.74) is 5.46. The molecule has 1 aromatic carbocycles. The first kappa shape index (κ1) is 17.5. The number of hydrogen-bond acceptors (Lipinski definition) is 6. The molecule has 28 heavy (non-hydrogen) atoms. The van der Waals surface area contributed by atoms with E-state index < -0.39 is 17.4 Å². The highest BCUT2D eigenvalue weighted by Crippen LogP contribution is 2.23. The largest absolute Gasteiger partial charge is 0.466 e. The Kier molecular flexibility index (Phi) is 4.19. The van der Waals surface area contributed by atoms with Gasteiger partial charge in [-0.25, -0.2) is 4.98 Å². The van der Waals surface area contributed by atoms with Crippen molar-refractivity contribution in [3.05, 3.63) is 64.1 Å². The van der Waals surface area contributed by atoms with Crippen LogP contribution in [0.15, 0.2) is 50.3 Å². The number of furan rings is 2. The number of aryl methyl sites for hydroxylation is 2. The molecule has 0 atom stereocenters. The third kappa shape index (κ3) is 3.02. The second kappa shape index (κ2) is 6.69. The molecule has 4 rings (SSSR count). The van der Waals surface area contributed by atoms with Crippen molar-refractivity contribution in [2.45, 2.75) is 20.4 Å². The second-order valence-electron chi connectivity index (χ2n) is 6.28. The van der Waals surface area contributed by atoms with Crippen LogP contribution >= 0.6 is 0 Å². The standard InChI is InChI=1S/C19H16N4O5/c1-10-7-13(11(2)27-10)18(25)22-21-15(24)8-23-9-20-16-12-5-3-4-6-14(12)28-17(16)19(23)26/h3-7,9H,8H2,1-2H3,(H,21,24)(H,22,25). The molecule has 3 heterocycles. The molecule has 0 unspecified atom stereocenters. The lowest BCUT2D eigenvalue weighted by Crippen LogP contribution is -2.44. The van der Waals surface area contributed by atoms with Crippen molar-refractivity contribution in [3.63, 3.8) is 0 Å². The van der Waals surface area contributed by atoms with Gasteiger partial charge in [0.1, 0.15) is 29.2 Å². The van der Waals surface area contributed by atoms with E-state index in [0.717, 1.165) is 9.95 Å². The lowest BCUT2D eigenvalue weighted by atomic mass is 10.2. The minimum absolute atomic E-state index is 0.0741. The number of aromatic nitrogens is 2. The normalized spacial score (nSPS) is 11.1. The molecule has 0 aliphatic rings. The molecule has 2 N–H and O–H groups in total. The number of rotatable bonds is 3. The fraction of sp³-hybridized carbons (Fsp3) is 0.158. The van der Waals surface area contributed by atoms with Crippen LogP contribution in [0, 0.1) is 13.8 Å². The van der Waals surface area contributed by atoms with Gasteiger partial charge in [-0.2, -0.15) is 0 Å². The number of carbonyl (C=O) groups is 2. The molecule has 0 bridgehead atoms. The molecule has 0 fully saturated rings. The van der Waals surface area contributed by atoms with Gasteiger partial charge in [-0.3, -0.25) is 29.8 Å². The van der Waals surface area contributed by atoms with E-state index in [0.29, 0.717) is 28.2 Å². The Hall–Kier alpha value is -3.88. The van der Waals surface area contributed by atoms with E-state index in [1.54, 1.807) is 38.1 Å². The summed E-state index contributed by atoms with van der Waals surface area (Å²) in [6.45, 7) is 3.04. The number of hydrogen-bond donors (Lipinski definition) is 2. The van der Waals surface area contributed by atoms with Crippen LogP contribution in [0.5, 0.6) is 0 Å². The smallest absolute Gasteiger partial charge is 0.297 e. The van der Waals surface area contributed by atoms with Crippen molar-refractivity contribution < 1.29 is 18.4 Å². The number of nitrogens with zero attached hydrogens (tertiary/aromatic N) is 2.